The summed E-state index contributed by atoms with van der Waals surface area (Å²) in [5.41, 5.74) is 2.25. The van der Waals surface area contributed by atoms with Gasteiger partial charge in [-0.2, -0.15) is 0 Å². The van der Waals surface area contributed by atoms with E-state index in [2.05, 4.69) is 10.6 Å². The van der Waals surface area contributed by atoms with Gasteiger partial charge in [-0.25, -0.2) is 4.79 Å². The molecule has 7 nitrogen and oxygen atoms in total. The average molecular weight is 426 g/mol. The van der Waals surface area contributed by atoms with Crippen LogP contribution in [0.1, 0.15) is 46.5 Å². The first-order valence-electron chi connectivity index (χ1n) is 9.62. The van der Waals surface area contributed by atoms with Crippen molar-refractivity contribution in [3.05, 3.63) is 65.2 Å². The van der Waals surface area contributed by atoms with Gasteiger partial charge in [-0.1, -0.05) is 43.7 Å². The van der Waals surface area contributed by atoms with Crippen molar-refractivity contribution >= 4 is 40.5 Å². The number of hydrogen-bond acceptors (Lipinski definition) is 5. The summed E-state index contributed by atoms with van der Waals surface area (Å²) < 4.78 is 0. The van der Waals surface area contributed by atoms with Crippen LogP contribution in [0.25, 0.3) is 0 Å². The van der Waals surface area contributed by atoms with Crippen LogP contribution in [0.2, 0.25) is 0 Å². The van der Waals surface area contributed by atoms with E-state index in [-0.39, 0.29) is 28.5 Å². The first-order valence-corrected chi connectivity index (χ1v) is 10.5. The molecular formula is C22H22N2O5S. The fourth-order valence-electron chi connectivity index (χ4n) is 3.34. The molecule has 1 aliphatic rings. The summed E-state index contributed by atoms with van der Waals surface area (Å²) in [6.07, 6.45) is 2.02. The molecule has 8 heteroatoms. The Bertz CT molecular complexity index is 974. The molecule has 1 aliphatic heterocycles. The number of hydrogen-bond donors (Lipinski definition) is 3. The number of carbonyl (C=O) groups excluding carboxylic acids is 3. The van der Waals surface area contributed by atoms with Gasteiger partial charge in [0.2, 0.25) is 11.8 Å². The number of carbonyl (C=O) groups is 4. The standard InChI is InChI=1S/C22H22N2O5S/c1-2-4-15(19(25)23-17-6-3-5-16(12-17)21(27)28)11-13-7-9-14(10-8-13)18-20(26)24-22(29)30-18/h3,5-10,12,15,18H,2,4,11H2,1H3,(H,23,25)(H,27,28)(H,24,26,29). The number of thioether (sulfide) groups is 1. The third kappa shape index (κ3) is 5.27. The first kappa shape index (κ1) is 21.6. The Morgan fingerprint density at radius 2 is 1.90 bits per heavy atom. The van der Waals surface area contributed by atoms with Crippen LogP contribution in [0.5, 0.6) is 0 Å². The normalized spacial score (nSPS) is 16.8. The first-order chi connectivity index (χ1) is 14.4. The van der Waals surface area contributed by atoms with Crippen LogP contribution in [0, 0.1) is 5.92 Å². The molecule has 3 rings (SSSR count). The van der Waals surface area contributed by atoms with Crippen LogP contribution in [-0.2, 0) is 16.0 Å². The number of imide groups is 1. The van der Waals surface area contributed by atoms with E-state index in [0.29, 0.717) is 18.5 Å². The van der Waals surface area contributed by atoms with Crippen LogP contribution in [0.3, 0.4) is 0 Å². The van der Waals surface area contributed by atoms with Crippen molar-refractivity contribution < 1.29 is 24.3 Å². The summed E-state index contributed by atoms with van der Waals surface area (Å²) in [6, 6.07) is 13.5. The van der Waals surface area contributed by atoms with Gasteiger partial charge in [-0.15, -0.1) is 0 Å². The van der Waals surface area contributed by atoms with Crippen LogP contribution >= 0.6 is 11.8 Å². The van der Waals surface area contributed by atoms with Crippen molar-refractivity contribution in [3.8, 4) is 0 Å². The third-order valence-corrected chi connectivity index (χ3v) is 5.88. The maximum Gasteiger partial charge on any atom is 0.335 e. The lowest BCUT2D eigenvalue weighted by atomic mass is 9.93. The number of aromatic carboxylic acids is 1. The molecule has 2 aromatic carbocycles. The van der Waals surface area contributed by atoms with Gasteiger partial charge < -0.3 is 10.4 Å². The van der Waals surface area contributed by atoms with Gasteiger partial charge in [0.15, 0.2) is 0 Å². The zero-order chi connectivity index (χ0) is 21.7. The Kier molecular flexibility index (Phi) is 6.89. The van der Waals surface area contributed by atoms with E-state index in [0.717, 1.165) is 29.3 Å². The maximum atomic E-state index is 12.8. The SMILES string of the molecule is CCCC(Cc1ccc(C2SC(=O)NC2=O)cc1)C(=O)Nc1cccc(C(=O)O)c1. The molecule has 3 N–H and O–H groups in total. The molecule has 2 unspecified atom stereocenters. The van der Waals surface area contributed by atoms with Crippen molar-refractivity contribution in [2.24, 2.45) is 5.92 Å². The number of benzene rings is 2. The molecule has 0 aliphatic carbocycles. The summed E-state index contributed by atoms with van der Waals surface area (Å²) in [6.45, 7) is 2.00. The summed E-state index contributed by atoms with van der Waals surface area (Å²) in [7, 11) is 0. The number of carboxylic acid groups (broad SMARTS) is 1. The molecule has 0 bridgehead atoms. The average Bonchev–Trinajstić information content (AvgIpc) is 3.06. The zero-order valence-electron chi connectivity index (χ0n) is 16.4. The second-order valence-corrected chi connectivity index (χ2v) is 8.16. The van der Waals surface area contributed by atoms with E-state index in [1.807, 2.05) is 31.2 Å². The third-order valence-electron chi connectivity index (χ3n) is 4.84. The van der Waals surface area contributed by atoms with Crippen LogP contribution < -0.4 is 10.6 Å². The maximum absolute atomic E-state index is 12.8. The highest BCUT2D eigenvalue weighted by atomic mass is 32.2. The van der Waals surface area contributed by atoms with E-state index in [9.17, 15) is 19.2 Å². The molecule has 0 radical (unpaired) electrons. The van der Waals surface area contributed by atoms with E-state index in [4.69, 9.17) is 5.11 Å². The minimum absolute atomic E-state index is 0.114. The van der Waals surface area contributed by atoms with Gasteiger partial charge in [-0.3, -0.25) is 19.7 Å². The van der Waals surface area contributed by atoms with Crippen molar-refractivity contribution in [2.75, 3.05) is 5.32 Å². The molecular weight excluding hydrogens is 404 g/mol. The molecule has 1 fully saturated rings. The number of rotatable bonds is 8. The molecule has 156 valence electrons. The minimum Gasteiger partial charge on any atom is -0.478 e. The molecule has 30 heavy (non-hydrogen) atoms. The fraction of sp³-hybridized carbons (Fsp3) is 0.273. The van der Waals surface area contributed by atoms with E-state index >= 15 is 0 Å². The van der Waals surface area contributed by atoms with Gasteiger partial charge in [-0.05, 0) is 53.9 Å². The highest BCUT2D eigenvalue weighted by molar-refractivity contribution is 8.15. The molecule has 0 spiro atoms. The Morgan fingerprint density at radius 3 is 2.50 bits per heavy atom. The molecule has 3 amide bonds. The second-order valence-electron chi connectivity index (χ2n) is 7.08. The largest absolute Gasteiger partial charge is 0.478 e. The highest BCUT2D eigenvalue weighted by Gasteiger charge is 2.32. The zero-order valence-corrected chi connectivity index (χ0v) is 17.2. The minimum atomic E-state index is -1.05. The predicted molar refractivity (Wildman–Crippen MR) is 114 cm³/mol. The Balaban J connectivity index is 1.68. The monoisotopic (exact) mass is 426 g/mol. The Morgan fingerprint density at radius 1 is 1.17 bits per heavy atom. The van der Waals surface area contributed by atoms with Gasteiger partial charge >= 0.3 is 5.97 Å². The summed E-state index contributed by atoms with van der Waals surface area (Å²) >= 11 is 0.958. The highest BCUT2D eigenvalue weighted by Crippen LogP contribution is 2.34. The molecule has 1 saturated heterocycles. The molecule has 1 heterocycles. The predicted octanol–water partition coefficient (Wildman–Crippen LogP) is 4.01. The lowest BCUT2D eigenvalue weighted by molar-refractivity contribution is -0.120. The van der Waals surface area contributed by atoms with Crippen molar-refractivity contribution in [3.63, 3.8) is 0 Å². The molecule has 2 aromatic rings. The van der Waals surface area contributed by atoms with Crippen LogP contribution in [-0.4, -0.2) is 28.1 Å². The quantitative estimate of drug-likeness (QED) is 0.588. The number of nitrogens with one attached hydrogen (secondary N) is 2. The topological polar surface area (TPSA) is 113 Å². The smallest absolute Gasteiger partial charge is 0.335 e. The number of amides is 3. The number of anilines is 1. The lowest BCUT2D eigenvalue weighted by Gasteiger charge is -2.17. The fourth-order valence-corrected chi connectivity index (χ4v) is 4.17. The summed E-state index contributed by atoms with van der Waals surface area (Å²) in [5.74, 6) is -1.81. The van der Waals surface area contributed by atoms with Gasteiger partial charge in [0.05, 0.1) is 5.56 Å². The lowest BCUT2D eigenvalue weighted by Crippen LogP contribution is -2.25. The van der Waals surface area contributed by atoms with Crippen LogP contribution in [0.15, 0.2) is 48.5 Å². The summed E-state index contributed by atoms with van der Waals surface area (Å²) in [5, 5.41) is 13.3. The van der Waals surface area contributed by atoms with E-state index < -0.39 is 11.2 Å². The van der Waals surface area contributed by atoms with Crippen molar-refractivity contribution in [1.29, 1.82) is 0 Å². The molecule has 0 aromatic heterocycles. The van der Waals surface area contributed by atoms with Crippen molar-refractivity contribution in [2.45, 2.75) is 31.4 Å². The van der Waals surface area contributed by atoms with Crippen LogP contribution in [0.4, 0.5) is 10.5 Å². The van der Waals surface area contributed by atoms with Gasteiger partial charge in [0.1, 0.15) is 5.25 Å². The number of carboxylic acids is 1. The molecule has 0 saturated carbocycles. The second kappa shape index (κ2) is 9.58. The molecule has 2 atom stereocenters. The van der Waals surface area contributed by atoms with Gasteiger partial charge in [0, 0.05) is 11.6 Å². The van der Waals surface area contributed by atoms with E-state index in [1.165, 1.54) is 12.1 Å². The van der Waals surface area contributed by atoms with E-state index in [1.54, 1.807) is 12.1 Å². The summed E-state index contributed by atoms with van der Waals surface area (Å²) in [4.78, 5) is 47.1. The Hall–Kier alpha value is -3.13. The van der Waals surface area contributed by atoms with Gasteiger partial charge in [0.25, 0.3) is 5.24 Å². The van der Waals surface area contributed by atoms with Crippen molar-refractivity contribution in [1.82, 2.24) is 5.32 Å². The Labute approximate surface area is 178 Å².